The summed E-state index contributed by atoms with van der Waals surface area (Å²) in [7, 11) is 0. The molecule has 4 aromatic rings. The van der Waals surface area contributed by atoms with E-state index in [0.717, 1.165) is 11.3 Å². The van der Waals surface area contributed by atoms with Gasteiger partial charge in [0.25, 0.3) is 5.91 Å². The molecule has 1 amide bonds. The Bertz CT molecular complexity index is 991. The molecule has 1 aromatic carbocycles. The topological polar surface area (TPSA) is 77.6 Å². The third-order valence-corrected chi connectivity index (χ3v) is 3.93. The van der Waals surface area contributed by atoms with Crippen LogP contribution in [0.4, 0.5) is 0 Å². The van der Waals surface area contributed by atoms with E-state index in [4.69, 9.17) is 0 Å². The van der Waals surface area contributed by atoms with Crippen molar-refractivity contribution in [1.29, 1.82) is 0 Å². The number of hydrogen-bond acceptors (Lipinski definition) is 4. The Hall–Kier alpha value is -3.74. The van der Waals surface area contributed by atoms with Crippen LogP contribution in [0.5, 0.6) is 0 Å². The molecule has 0 aliphatic carbocycles. The molecule has 0 saturated heterocycles. The van der Waals surface area contributed by atoms with Gasteiger partial charge < -0.3 is 5.32 Å². The van der Waals surface area contributed by atoms with Gasteiger partial charge in [-0.3, -0.25) is 9.36 Å². The van der Waals surface area contributed by atoms with Gasteiger partial charge in [-0.05, 0) is 35.9 Å². The molecule has 0 atom stereocenters. The molecule has 128 valence electrons. The van der Waals surface area contributed by atoms with Gasteiger partial charge in [0.15, 0.2) is 0 Å². The van der Waals surface area contributed by atoms with E-state index in [-0.39, 0.29) is 5.91 Å². The minimum Gasteiger partial charge on any atom is -0.348 e. The number of imidazole rings is 1. The van der Waals surface area contributed by atoms with Gasteiger partial charge in [0.05, 0.1) is 5.69 Å². The fourth-order valence-electron chi connectivity index (χ4n) is 2.57. The number of amides is 1. The van der Waals surface area contributed by atoms with Gasteiger partial charge in [0.2, 0.25) is 0 Å². The second-order valence-corrected chi connectivity index (χ2v) is 5.67. The van der Waals surface area contributed by atoms with Crippen LogP contribution in [0.2, 0.25) is 0 Å². The van der Waals surface area contributed by atoms with Crippen LogP contribution >= 0.6 is 0 Å². The smallest absolute Gasteiger partial charge is 0.251 e. The van der Waals surface area contributed by atoms with E-state index in [1.165, 1.54) is 0 Å². The quantitative estimate of drug-likeness (QED) is 0.603. The number of pyridine rings is 1. The SMILES string of the molecule is O=C(NCc1ccc(-n2cccn2)cc1)c1ccnc(-n2ccnc2)c1. The number of benzene rings is 1. The second kappa shape index (κ2) is 7.02. The van der Waals surface area contributed by atoms with E-state index in [0.29, 0.717) is 17.9 Å². The van der Waals surface area contributed by atoms with Gasteiger partial charge in [-0.25, -0.2) is 14.6 Å². The molecule has 7 nitrogen and oxygen atoms in total. The number of aromatic nitrogens is 5. The van der Waals surface area contributed by atoms with Crippen molar-refractivity contribution in [2.45, 2.75) is 6.54 Å². The summed E-state index contributed by atoms with van der Waals surface area (Å²) in [6.45, 7) is 0.445. The summed E-state index contributed by atoms with van der Waals surface area (Å²) in [5.74, 6) is 0.503. The predicted octanol–water partition coefficient (Wildman–Crippen LogP) is 2.38. The van der Waals surface area contributed by atoms with E-state index < -0.39 is 0 Å². The van der Waals surface area contributed by atoms with Crippen LogP contribution in [-0.4, -0.2) is 30.2 Å². The van der Waals surface area contributed by atoms with Crippen LogP contribution in [0.15, 0.2) is 79.8 Å². The van der Waals surface area contributed by atoms with Gasteiger partial charge in [-0.1, -0.05) is 12.1 Å². The minimum atomic E-state index is -0.148. The average Bonchev–Trinajstić information content (AvgIpc) is 3.40. The molecular formula is C19H16N6O. The van der Waals surface area contributed by atoms with Gasteiger partial charge in [0, 0.05) is 43.1 Å². The van der Waals surface area contributed by atoms with E-state index >= 15 is 0 Å². The predicted molar refractivity (Wildman–Crippen MR) is 96.1 cm³/mol. The lowest BCUT2D eigenvalue weighted by Gasteiger charge is -2.08. The summed E-state index contributed by atoms with van der Waals surface area (Å²) in [6, 6.07) is 13.2. The maximum atomic E-state index is 12.4. The number of nitrogens with zero attached hydrogens (tertiary/aromatic N) is 5. The molecule has 4 rings (SSSR count). The van der Waals surface area contributed by atoms with E-state index in [2.05, 4.69) is 20.4 Å². The lowest BCUT2D eigenvalue weighted by Crippen LogP contribution is -2.23. The molecular weight excluding hydrogens is 328 g/mol. The summed E-state index contributed by atoms with van der Waals surface area (Å²) < 4.78 is 3.54. The Balaban J connectivity index is 1.42. The van der Waals surface area contributed by atoms with Crippen LogP contribution in [0.3, 0.4) is 0 Å². The fraction of sp³-hybridized carbons (Fsp3) is 0.0526. The maximum Gasteiger partial charge on any atom is 0.251 e. The van der Waals surface area contributed by atoms with Crippen molar-refractivity contribution in [3.63, 3.8) is 0 Å². The Kier molecular flexibility index (Phi) is 4.26. The van der Waals surface area contributed by atoms with E-state index in [1.54, 1.807) is 52.5 Å². The second-order valence-electron chi connectivity index (χ2n) is 5.67. The summed E-state index contributed by atoms with van der Waals surface area (Å²) >= 11 is 0. The molecule has 0 bridgehead atoms. The van der Waals surface area contributed by atoms with E-state index in [1.807, 2.05) is 36.5 Å². The number of nitrogens with one attached hydrogen (secondary N) is 1. The zero-order chi connectivity index (χ0) is 17.8. The number of carbonyl (C=O) groups excluding carboxylic acids is 1. The Morgan fingerprint density at radius 2 is 1.92 bits per heavy atom. The number of carbonyl (C=O) groups is 1. The number of rotatable bonds is 5. The first-order valence-corrected chi connectivity index (χ1v) is 8.11. The van der Waals surface area contributed by atoms with Crippen molar-refractivity contribution in [3.05, 3.63) is 90.9 Å². The highest BCUT2D eigenvalue weighted by molar-refractivity contribution is 5.94. The first kappa shape index (κ1) is 15.8. The van der Waals surface area contributed by atoms with Crippen molar-refractivity contribution in [1.82, 2.24) is 29.6 Å². The molecule has 0 unspecified atom stereocenters. The zero-order valence-electron chi connectivity index (χ0n) is 13.9. The molecule has 3 heterocycles. The lowest BCUT2D eigenvalue weighted by atomic mass is 10.2. The van der Waals surface area contributed by atoms with Crippen molar-refractivity contribution >= 4 is 5.91 Å². The molecule has 3 aromatic heterocycles. The summed E-state index contributed by atoms with van der Waals surface area (Å²) in [4.78, 5) is 20.7. The van der Waals surface area contributed by atoms with Crippen molar-refractivity contribution in [2.75, 3.05) is 0 Å². The highest BCUT2D eigenvalue weighted by Gasteiger charge is 2.08. The molecule has 0 fully saturated rings. The van der Waals surface area contributed by atoms with Crippen molar-refractivity contribution in [2.24, 2.45) is 0 Å². The molecule has 1 N–H and O–H groups in total. The Morgan fingerprint density at radius 1 is 1.04 bits per heavy atom. The lowest BCUT2D eigenvalue weighted by molar-refractivity contribution is 0.0950. The Labute approximate surface area is 150 Å². The van der Waals surface area contributed by atoms with Crippen LogP contribution in [-0.2, 0) is 6.54 Å². The highest BCUT2D eigenvalue weighted by Crippen LogP contribution is 2.10. The van der Waals surface area contributed by atoms with Crippen LogP contribution in [0.1, 0.15) is 15.9 Å². The van der Waals surface area contributed by atoms with Crippen LogP contribution in [0, 0.1) is 0 Å². The van der Waals surface area contributed by atoms with Crippen LogP contribution in [0.25, 0.3) is 11.5 Å². The molecule has 26 heavy (non-hydrogen) atoms. The summed E-state index contributed by atoms with van der Waals surface area (Å²) in [6.07, 6.45) is 10.3. The summed E-state index contributed by atoms with van der Waals surface area (Å²) in [5.41, 5.74) is 2.54. The monoisotopic (exact) mass is 344 g/mol. The average molecular weight is 344 g/mol. The highest BCUT2D eigenvalue weighted by atomic mass is 16.1. The van der Waals surface area contributed by atoms with Gasteiger partial charge in [-0.2, -0.15) is 5.10 Å². The van der Waals surface area contributed by atoms with E-state index in [9.17, 15) is 4.79 Å². The third kappa shape index (κ3) is 3.36. The fourth-order valence-corrected chi connectivity index (χ4v) is 2.57. The first-order valence-electron chi connectivity index (χ1n) is 8.11. The molecule has 0 radical (unpaired) electrons. The molecule has 0 aliphatic rings. The zero-order valence-corrected chi connectivity index (χ0v) is 13.9. The number of hydrogen-bond donors (Lipinski definition) is 1. The Morgan fingerprint density at radius 3 is 2.65 bits per heavy atom. The van der Waals surface area contributed by atoms with Gasteiger partial charge in [-0.15, -0.1) is 0 Å². The van der Waals surface area contributed by atoms with Crippen molar-refractivity contribution in [3.8, 4) is 11.5 Å². The molecule has 7 heteroatoms. The molecule has 0 spiro atoms. The standard InChI is InChI=1S/C19H16N6O/c26-19(16-6-8-21-18(12-16)24-11-9-20-14-24)22-13-15-2-4-17(5-3-15)25-10-1-7-23-25/h1-12,14H,13H2,(H,22,26). The third-order valence-electron chi connectivity index (χ3n) is 3.93. The first-order chi connectivity index (χ1) is 12.8. The molecule has 0 saturated carbocycles. The maximum absolute atomic E-state index is 12.4. The summed E-state index contributed by atoms with van der Waals surface area (Å²) in [5, 5.41) is 7.12. The minimum absolute atomic E-state index is 0.148. The van der Waals surface area contributed by atoms with Gasteiger partial charge in [0.1, 0.15) is 12.1 Å². The normalized spacial score (nSPS) is 10.6. The van der Waals surface area contributed by atoms with Gasteiger partial charge >= 0.3 is 0 Å². The van der Waals surface area contributed by atoms with Crippen molar-refractivity contribution < 1.29 is 4.79 Å². The molecule has 0 aliphatic heterocycles. The largest absolute Gasteiger partial charge is 0.348 e. The van der Waals surface area contributed by atoms with Crippen LogP contribution < -0.4 is 5.32 Å².